The van der Waals surface area contributed by atoms with Crippen LogP contribution < -0.4 is 15.0 Å². The molecule has 0 bridgehead atoms. The van der Waals surface area contributed by atoms with Gasteiger partial charge >= 0.3 is 6.61 Å². The summed E-state index contributed by atoms with van der Waals surface area (Å²) in [4.78, 5) is 63.6. The molecular weight excluding hydrogens is 496 g/mol. The van der Waals surface area contributed by atoms with E-state index in [1.807, 2.05) is 0 Å². The Hall–Kier alpha value is -4.06. The van der Waals surface area contributed by atoms with Crippen molar-refractivity contribution < 1.29 is 37.5 Å². The molecule has 5 amide bonds. The molecule has 0 spiro atoms. The average molecular weight is 515 g/mol. The van der Waals surface area contributed by atoms with Crippen LogP contribution in [-0.4, -0.2) is 53.5 Å². The van der Waals surface area contributed by atoms with Crippen LogP contribution in [0.5, 0.6) is 5.75 Å². The molecule has 12 heteroatoms. The second-order valence-electron chi connectivity index (χ2n) is 7.71. The van der Waals surface area contributed by atoms with Crippen LogP contribution in [0.1, 0.15) is 28.8 Å². The fraction of sp³-hybridized carbons (Fsp3) is 0.208. The van der Waals surface area contributed by atoms with Crippen LogP contribution in [0, 0.1) is 0 Å². The number of nitrogens with zero attached hydrogens (tertiary/aromatic N) is 2. The standard InChI is InChI=1S/C24H19F2N3O6S/c25-23(26)35-17-6-4-14(5-7-17)12-18-22(33)28(24(34)36-18)11-10-27-21(32)15-2-1-3-16(13-15)29-19(30)8-9-20(29)31/h1-7,12-13,23H,8-11H2,(H,27,32)/b18-12+. The van der Waals surface area contributed by atoms with Gasteiger partial charge < -0.3 is 10.1 Å². The Morgan fingerprint density at radius 3 is 2.42 bits per heavy atom. The van der Waals surface area contributed by atoms with E-state index in [-0.39, 0.29) is 54.0 Å². The molecule has 2 aliphatic heterocycles. The fourth-order valence-electron chi connectivity index (χ4n) is 3.62. The van der Waals surface area contributed by atoms with Crippen LogP contribution in [0.3, 0.4) is 0 Å². The van der Waals surface area contributed by atoms with Gasteiger partial charge in [0.15, 0.2) is 0 Å². The molecule has 9 nitrogen and oxygen atoms in total. The summed E-state index contributed by atoms with van der Waals surface area (Å²) in [6, 6.07) is 11.7. The van der Waals surface area contributed by atoms with Crippen molar-refractivity contribution in [3.63, 3.8) is 0 Å². The lowest BCUT2D eigenvalue weighted by Gasteiger charge is -2.15. The first kappa shape index (κ1) is 25.0. The van der Waals surface area contributed by atoms with Crippen LogP contribution in [0.4, 0.5) is 19.3 Å². The first-order chi connectivity index (χ1) is 17.2. The normalized spacial score (nSPS) is 17.0. The maximum atomic E-state index is 12.6. The van der Waals surface area contributed by atoms with Crippen LogP contribution >= 0.6 is 11.8 Å². The van der Waals surface area contributed by atoms with Crippen molar-refractivity contribution in [2.75, 3.05) is 18.0 Å². The Morgan fingerprint density at radius 2 is 1.75 bits per heavy atom. The maximum absolute atomic E-state index is 12.6. The topological polar surface area (TPSA) is 113 Å². The molecule has 2 aromatic carbocycles. The number of benzene rings is 2. The van der Waals surface area contributed by atoms with Crippen LogP contribution in [0.25, 0.3) is 6.08 Å². The number of halogens is 2. The van der Waals surface area contributed by atoms with E-state index in [1.165, 1.54) is 42.5 Å². The third-order valence-corrected chi connectivity index (χ3v) is 6.22. The van der Waals surface area contributed by atoms with Crippen molar-refractivity contribution in [2.45, 2.75) is 19.5 Å². The van der Waals surface area contributed by atoms with E-state index in [0.29, 0.717) is 11.3 Å². The molecule has 1 N–H and O–H groups in total. The van der Waals surface area contributed by atoms with Gasteiger partial charge in [0.1, 0.15) is 5.75 Å². The summed E-state index contributed by atoms with van der Waals surface area (Å²) in [6.07, 6.45) is 1.71. The third-order valence-electron chi connectivity index (χ3n) is 5.32. The van der Waals surface area contributed by atoms with Crippen LogP contribution in [-0.2, 0) is 14.4 Å². The zero-order valence-electron chi connectivity index (χ0n) is 18.6. The second-order valence-corrected chi connectivity index (χ2v) is 8.70. The molecule has 0 radical (unpaired) electrons. The van der Waals surface area contributed by atoms with Gasteiger partial charge in [-0.2, -0.15) is 8.78 Å². The van der Waals surface area contributed by atoms with E-state index in [2.05, 4.69) is 10.1 Å². The monoisotopic (exact) mass is 515 g/mol. The van der Waals surface area contributed by atoms with Crippen LogP contribution in [0.15, 0.2) is 53.4 Å². The molecular formula is C24H19F2N3O6S. The Kier molecular flexibility index (Phi) is 7.44. The van der Waals surface area contributed by atoms with Gasteiger partial charge in [-0.1, -0.05) is 18.2 Å². The number of hydrogen-bond acceptors (Lipinski definition) is 7. The smallest absolute Gasteiger partial charge is 0.387 e. The molecule has 186 valence electrons. The number of nitrogens with one attached hydrogen (secondary N) is 1. The van der Waals surface area contributed by atoms with E-state index < -0.39 is 23.7 Å². The summed E-state index contributed by atoms with van der Waals surface area (Å²) in [5, 5.41) is 2.11. The summed E-state index contributed by atoms with van der Waals surface area (Å²) in [6.45, 7) is -3.04. The highest BCUT2D eigenvalue weighted by molar-refractivity contribution is 8.18. The molecule has 2 aromatic rings. The average Bonchev–Trinajstić information content (AvgIpc) is 3.32. The summed E-state index contributed by atoms with van der Waals surface area (Å²) in [5.74, 6) is -1.73. The number of hydrogen-bond donors (Lipinski definition) is 1. The lowest BCUT2D eigenvalue weighted by Crippen LogP contribution is -2.37. The van der Waals surface area contributed by atoms with E-state index in [9.17, 15) is 32.8 Å². The molecule has 0 aliphatic carbocycles. The SMILES string of the molecule is O=C(NCCN1C(=O)S/C(=C/c2ccc(OC(F)F)cc2)C1=O)c1cccc(N2C(=O)CCC2=O)c1. The number of imide groups is 2. The molecule has 0 aromatic heterocycles. The Balaban J connectivity index is 1.34. The summed E-state index contributed by atoms with van der Waals surface area (Å²) in [7, 11) is 0. The van der Waals surface area contributed by atoms with E-state index in [0.717, 1.165) is 21.6 Å². The molecule has 0 atom stereocenters. The Bertz CT molecular complexity index is 1250. The lowest BCUT2D eigenvalue weighted by atomic mass is 10.1. The van der Waals surface area contributed by atoms with E-state index >= 15 is 0 Å². The van der Waals surface area contributed by atoms with Gasteiger partial charge in [0.05, 0.1) is 10.6 Å². The van der Waals surface area contributed by atoms with Crippen molar-refractivity contribution in [3.05, 3.63) is 64.6 Å². The van der Waals surface area contributed by atoms with Gasteiger partial charge in [-0.15, -0.1) is 0 Å². The number of rotatable bonds is 8. The van der Waals surface area contributed by atoms with Gasteiger partial charge in [0.2, 0.25) is 11.8 Å². The molecule has 2 heterocycles. The zero-order chi connectivity index (χ0) is 25.8. The highest BCUT2D eigenvalue weighted by Gasteiger charge is 2.35. The molecule has 4 rings (SSSR count). The second kappa shape index (κ2) is 10.7. The quantitative estimate of drug-likeness (QED) is 0.424. The summed E-state index contributed by atoms with van der Waals surface area (Å²) >= 11 is 0.728. The molecule has 2 saturated heterocycles. The number of ether oxygens (including phenoxy) is 1. The molecule has 2 aliphatic rings. The number of alkyl halides is 2. The number of amides is 5. The van der Waals surface area contributed by atoms with Crippen molar-refractivity contribution in [2.24, 2.45) is 0 Å². The minimum atomic E-state index is -2.95. The lowest BCUT2D eigenvalue weighted by molar-refractivity contribution is -0.123. The summed E-state index contributed by atoms with van der Waals surface area (Å²) < 4.78 is 28.8. The predicted molar refractivity (Wildman–Crippen MR) is 126 cm³/mol. The zero-order valence-corrected chi connectivity index (χ0v) is 19.4. The van der Waals surface area contributed by atoms with Gasteiger partial charge in [-0.3, -0.25) is 33.8 Å². The van der Waals surface area contributed by atoms with Gasteiger partial charge in [0.25, 0.3) is 17.1 Å². The van der Waals surface area contributed by atoms with Crippen molar-refractivity contribution >= 4 is 52.4 Å². The van der Waals surface area contributed by atoms with Crippen molar-refractivity contribution in [1.82, 2.24) is 10.2 Å². The largest absolute Gasteiger partial charge is 0.435 e. The summed E-state index contributed by atoms with van der Waals surface area (Å²) in [5.41, 5.74) is 1.04. The Morgan fingerprint density at radius 1 is 1.06 bits per heavy atom. The fourth-order valence-corrected chi connectivity index (χ4v) is 4.49. The number of thioether (sulfide) groups is 1. The van der Waals surface area contributed by atoms with Crippen molar-refractivity contribution in [3.8, 4) is 5.75 Å². The van der Waals surface area contributed by atoms with Crippen molar-refractivity contribution in [1.29, 1.82) is 0 Å². The van der Waals surface area contributed by atoms with Gasteiger partial charge in [-0.25, -0.2) is 0 Å². The van der Waals surface area contributed by atoms with Gasteiger partial charge in [-0.05, 0) is 53.7 Å². The first-order valence-corrected chi connectivity index (χ1v) is 11.6. The number of anilines is 1. The minimum Gasteiger partial charge on any atom is -0.435 e. The minimum absolute atomic E-state index is 0.0182. The third kappa shape index (κ3) is 5.60. The maximum Gasteiger partial charge on any atom is 0.387 e. The molecule has 0 saturated carbocycles. The van der Waals surface area contributed by atoms with Crippen LogP contribution in [0.2, 0.25) is 0 Å². The van der Waals surface area contributed by atoms with E-state index in [4.69, 9.17) is 0 Å². The molecule has 36 heavy (non-hydrogen) atoms. The molecule has 2 fully saturated rings. The predicted octanol–water partition coefficient (Wildman–Crippen LogP) is 3.41. The number of carbonyl (C=O) groups is 5. The molecule has 0 unspecified atom stereocenters. The highest BCUT2D eigenvalue weighted by atomic mass is 32.2. The number of carbonyl (C=O) groups excluding carboxylic acids is 5. The Labute approximate surface area is 208 Å². The van der Waals surface area contributed by atoms with E-state index in [1.54, 1.807) is 12.1 Å². The highest BCUT2D eigenvalue weighted by Crippen LogP contribution is 2.32. The van der Waals surface area contributed by atoms with Gasteiger partial charge in [0, 0.05) is 31.5 Å². The first-order valence-electron chi connectivity index (χ1n) is 10.8.